The zero-order valence-electron chi connectivity index (χ0n) is 24.7. The largest absolute Gasteiger partial charge is 0.465 e. The van der Waals surface area contributed by atoms with Gasteiger partial charge >= 0.3 is 12.1 Å². The van der Waals surface area contributed by atoms with E-state index in [0.29, 0.717) is 49.9 Å². The number of nitrogens with zero attached hydrogens (tertiary/aromatic N) is 7. The van der Waals surface area contributed by atoms with Gasteiger partial charge < -0.3 is 29.4 Å². The number of halogens is 2. The van der Waals surface area contributed by atoms with E-state index in [1.54, 1.807) is 0 Å². The van der Waals surface area contributed by atoms with Crippen molar-refractivity contribution in [1.82, 2.24) is 19.8 Å². The van der Waals surface area contributed by atoms with Crippen LogP contribution in [0.4, 0.5) is 20.7 Å². The van der Waals surface area contributed by atoms with Gasteiger partial charge in [0.1, 0.15) is 12.4 Å². The fourth-order valence-electron chi connectivity index (χ4n) is 6.64. The summed E-state index contributed by atoms with van der Waals surface area (Å²) in [4.78, 5) is 40.8. The van der Waals surface area contributed by atoms with Crippen LogP contribution in [0.1, 0.15) is 30.5 Å². The predicted molar refractivity (Wildman–Crippen MR) is 167 cm³/mol. The smallest absolute Gasteiger partial charge is 0.407 e. The van der Waals surface area contributed by atoms with Gasteiger partial charge in [-0.25, -0.2) is 9.18 Å². The molecule has 6 rings (SSSR count). The van der Waals surface area contributed by atoms with Crippen LogP contribution in [0.5, 0.6) is 6.01 Å². The second-order valence-corrected chi connectivity index (χ2v) is 11.9. The Bertz CT molecular complexity index is 1690. The quantitative estimate of drug-likeness (QED) is 0.366. The van der Waals surface area contributed by atoms with E-state index in [1.165, 1.54) is 9.80 Å². The highest BCUT2D eigenvalue weighted by molar-refractivity contribution is 6.36. The van der Waals surface area contributed by atoms with Crippen molar-refractivity contribution in [2.75, 3.05) is 49.1 Å². The van der Waals surface area contributed by atoms with E-state index in [2.05, 4.69) is 17.5 Å². The van der Waals surface area contributed by atoms with Gasteiger partial charge in [0, 0.05) is 49.4 Å². The van der Waals surface area contributed by atoms with Gasteiger partial charge in [-0.05, 0) is 36.8 Å². The number of hydrogen-bond donors (Lipinski definition) is 1. The minimum atomic E-state index is -1.06. The van der Waals surface area contributed by atoms with Crippen molar-refractivity contribution in [2.45, 2.75) is 44.3 Å². The van der Waals surface area contributed by atoms with Gasteiger partial charge in [-0.15, -0.1) is 0 Å². The molecule has 13 heteroatoms. The Balaban J connectivity index is 1.34. The summed E-state index contributed by atoms with van der Waals surface area (Å²) >= 11 is 6.66. The van der Waals surface area contributed by atoms with Gasteiger partial charge in [0.05, 0.1) is 41.8 Å². The summed E-state index contributed by atoms with van der Waals surface area (Å²) in [5.74, 6) is -1.23. The Morgan fingerprint density at radius 2 is 1.89 bits per heavy atom. The topological polar surface area (TPSA) is 126 Å². The van der Waals surface area contributed by atoms with E-state index in [4.69, 9.17) is 26.3 Å². The van der Waals surface area contributed by atoms with Crippen LogP contribution >= 0.6 is 11.6 Å². The highest BCUT2D eigenvalue weighted by atomic mass is 35.5. The Labute approximate surface area is 265 Å². The van der Waals surface area contributed by atoms with E-state index in [9.17, 15) is 24.3 Å². The summed E-state index contributed by atoms with van der Waals surface area (Å²) in [7, 11) is 0. The predicted octanol–water partition coefficient (Wildman–Crippen LogP) is 4.78. The number of carbonyl (C=O) groups is 2. The number of likely N-dealkylation sites (tertiary alicyclic amines) is 1. The number of benzene rings is 2. The van der Waals surface area contributed by atoms with Crippen molar-refractivity contribution in [1.29, 1.82) is 5.26 Å². The van der Waals surface area contributed by atoms with Gasteiger partial charge in [0.25, 0.3) is 5.91 Å². The number of anilines is 2. The number of carboxylic acid groups (broad SMARTS) is 1. The molecule has 3 aliphatic heterocycles. The fraction of sp³-hybridized carbons (Fsp3) is 0.406. The number of fused-ring (bicyclic) bond motifs is 2. The number of amides is 2. The summed E-state index contributed by atoms with van der Waals surface area (Å²) in [6, 6.07) is 13.3. The Morgan fingerprint density at radius 1 is 1.09 bits per heavy atom. The number of hydrogen-bond acceptors (Lipinski definition) is 8. The molecule has 234 valence electrons. The Morgan fingerprint density at radius 3 is 2.64 bits per heavy atom. The summed E-state index contributed by atoms with van der Waals surface area (Å²) in [6.07, 6.45) is 1.10. The molecule has 0 radical (unpaired) electrons. The van der Waals surface area contributed by atoms with Crippen molar-refractivity contribution in [2.24, 2.45) is 0 Å². The monoisotopic (exact) mass is 633 g/mol. The minimum absolute atomic E-state index is 0.0223. The third kappa shape index (κ3) is 6.04. The molecule has 11 nitrogen and oxygen atoms in total. The lowest BCUT2D eigenvalue weighted by molar-refractivity contribution is -0.131. The van der Waals surface area contributed by atoms with Crippen molar-refractivity contribution >= 4 is 45.9 Å². The molecule has 3 aliphatic rings. The third-order valence-electron chi connectivity index (χ3n) is 8.83. The first-order valence-electron chi connectivity index (χ1n) is 15.0. The molecule has 3 aromatic rings. The number of aromatic nitrogens is 2. The molecule has 2 aromatic carbocycles. The SMILES string of the molecule is C=C(F)C(=O)N1CCN(c2nc(OC[C@@H]3CCCN3C(=O)O)nc3c2CCN(c2cccc4cccc(Cl)c24)C3)C[C@@H]1CC#N. The number of ether oxygens (including phenoxy) is 1. The van der Waals surface area contributed by atoms with Crippen LogP contribution in [0.3, 0.4) is 0 Å². The second kappa shape index (κ2) is 12.8. The third-order valence-corrected chi connectivity index (χ3v) is 9.14. The van der Waals surface area contributed by atoms with E-state index in [-0.39, 0.29) is 38.2 Å². The highest BCUT2D eigenvalue weighted by Gasteiger charge is 2.35. The first-order chi connectivity index (χ1) is 21.7. The van der Waals surface area contributed by atoms with Crippen molar-refractivity contribution in [3.63, 3.8) is 0 Å². The molecular weight excluding hydrogens is 601 g/mol. The average Bonchev–Trinajstić information content (AvgIpc) is 3.52. The van der Waals surface area contributed by atoms with E-state index >= 15 is 0 Å². The molecule has 0 aliphatic carbocycles. The van der Waals surface area contributed by atoms with Gasteiger partial charge in [0.2, 0.25) is 0 Å². The molecule has 2 amide bonds. The highest BCUT2D eigenvalue weighted by Crippen LogP contribution is 2.37. The van der Waals surface area contributed by atoms with E-state index in [0.717, 1.165) is 34.1 Å². The molecule has 45 heavy (non-hydrogen) atoms. The lowest BCUT2D eigenvalue weighted by Crippen LogP contribution is -2.55. The molecule has 0 unspecified atom stereocenters. The molecule has 0 bridgehead atoms. The number of piperazine rings is 1. The summed E-state index contributed by atoms with van der Waals surface area (Å²) < 4.78 is 19.9. The normalized spacial score (nSPS) is 19.8. The summed E-state index contributed by atoms with van der Waals surface area (Å²) in [5.41, 5.74) is 2.68. The van der Waals surface area contributed by atoms with Gasteiger partial charge in [0.15, 0.2) is 5.83 Å². The van der Waals surface area contributed by atoms with Crippen LogP contribution in [0, 0.1) is 11.3 Å². The van der Waals surface area contributed by atoms with Crippen LogP contribution in [-0.4, -0.2) is 88.3 Å². The Kier molecular flexibility index (Phi) is 8.63. The molecule has 2 saturated heterocycles. The Hall–Kier alpha value is -4.63. The van der Waals surface area contributed by atoms with Crippen LogP contribution in [0.2, 0.25) is 5.02 Å². The lowest BCUT2D eigenvalue weighted by Gasteiger charge is -2.42. The summed E-state index contributed by atoms with van der Waals surface area (Å²) in [6.45, 7) is 5.68. The standard InChI is InChI=1S/C32H33ClFN7O4/c1-20(34)30(42)40-16-15-39(17-22(40)10-12-35)29-24-11-14-38(27-9-3-6-21-5-2-8-25(33)28(21)27)18-26(24)36-31(37-29)45-19-23-7-4-13-41(23)32(43)44/h2-3,5-6,8-9,22-23H,1,4,7,10-11,13-19H2,(H,43,44)/t22-,23-/m0/s1. The van der Waals surface area contributed by atoms with Crippen molar-refractivity contribution < 1.29 is 23.8 Å². The van der Waals surface area contributed by atoms with Gasteiger partial charge in [-0.1, -0.05) is 42.4 Å². The molecular formula is C32H33ClFN7O4. The molecule has 2 fully saturated rings. The van der Waals surface area contributed by atoms with Crippen LogP contribution in [0.15, 0.2) is 48.8 Å². The van der Waals surface area contributed by atoms with Crippen LogP contribution < -0.4 is 14.5 Å². The van der Waals surface area contributed by atoms with Crippen molar-refractivity contribution in [3.05, 3.63) is 65.1 Å². The zero-order chi connectivity index (χ0) is 31.7. The first-order valence-corrected chi connectivity index (χ1v) is 15.3. The van der Waals surface area contributed by atoms with Gasteiger partial charge in [-0.3, -0.25) is 4.79 Å². The van der Waals surface area contributed by atoms with Gasteiger partial charge in [-0.2, -0.15) is 15.2 Å². The minimum Gasteiger partial charge on any atom is -0.465 e. The lowest BCUT2D eigenvalue weighted by atomic mass is 10.0. The number of nitriles is 1. The average molecular weight is 634 g/mol. The molecule has 2 atom stereocenters. The fourth-order valence-corrected chi connectivity index (χ4v) is 6.92. The maximum atomic E-state index is 13.8. The number of rotatable bonds is 7. The van der Waals surface area contributed by atoms with E-state index < -0.39 is 23.9 Å². The molecule has 1 aromatic heterocycles. The maximum Gasteiger partial charge on any atom is 0.407 e. The molecule has 0 saturated carbocycles. The zero-order valence-corrected chi connectivity index (χ0v) is 25.4. The molecule has 1 N–H and O–H groups in total. The maximum absolute atomic E-state index is 13.8. The first kappa shape index (κ1) is 30.4. The van der Waals surface area contributed by atoms with Crippen LogP contribution in [-0.2, 0) is 17.8 Å². The van der Waals surface area contributed by atoms with Crippen molar-refractivity contribution in [3.8, 4) is 12.1 Å². The number of carbonyl (C=O) groups excluding carboxylic acids is 1. The summed E-state index contributed by atoms with van der Waals surface area (Å²) in [5, 5.41) is 21.7. The molecule has 4 heterocycles. The second-order valence-electron chi connectivity index (χ2n) is 11.5. The van der Waals surface area contributed by atoms with Crippen LogP contribution in [0.25, 0.3) is 10.8 Å². The molecule has 0 spiro atoms. The van der Waals surface area contributed by atoms with E-state index in [1.807, 2.05) is 41.3 Å².